The Morgan fingerprint density at radius 3 is 2.50 bits per heavy atom. The van der Waals surface area contributed by atoms with Gasteiger partial charge in [0.05, 0.1) is 0 Å². The molecule has 16 heavy (non-hydrogen) atoms. The highest BCUT2D eigenvalue weighted by molar-refractivity contribution is 5.88. The summed E-state index contributed by atoms with van der Waals surface area (Å²) in [6, 6.07) is 0.435. The van der Waals surface area contributed by atoms with Crippen LogP contribution in [0.1, 0.15) is 40.0 Å². The lowest BCUT2D eigenvalue weighted by Crippen LogP contribution is -2.46. The highest BCUT2D eigenvalue weighted by Gasteiger charge is 2.23. The maximum absolute atomic E-state index is 12.1. The van der Waals surface area contributed by atoms with Gasteiger partial charge in [0.1, 0.15) is 0 Å². The Morgan fingerprint density at radius 1 is 1.38 bits per heavy atom. The van der Waals surface area contributed by atoms with Crippen LogP contribution in [-0.4, -0.2) is 36.5 Å². The van der Waals surface area contributed by atoms with E-state index in [2.05, 4.69) is 12.2 Å². The molecule has 1 aliphatic heterocycles. The zero-order chi connectivity index (χ0) is 12.0. The molecule has 0 saturated carbocycles. The van der Waals surface area contributed by atoms with E-state index in [9.17, 15) is 4.79 Å². The third-order valence-corrected chi connectivity index (χ3v) is 2.91. The molecule has 1 fully saturated rings. The summed E-state index contributed by atoms with van der Waals surface area (Å²) < 4.78 is 0. The largest absolute Gasteiger partial charge is 0.336 e. The molecule has 0 atom stereocenters. The summed E-state index contributed by atoms with van der Waals surface area (Å²) in [6.45, 7) is 9.03. The van der Waals surface area contributed by atoms with Crippen LogP contribution >= 0.6 is 0 Å². The molecule has 92 valence electrons. The highest BCUT2D eigenvalue weighted by Crippen LogP contribution is 2.13. The van der Waals surface area contributed by atoms with Crippen LogP contribution in [0.4, 0.5) is 0 Å². The van der Waals surface area contributed by atoms with Gasteiger partial charge in [-0.1, -0.05) is 12.5 Å². The van der Waals surface area contributed by atoms with Gasteiger partial charge in [-0.2, -0.15) is 0 Å². The number of carbonyl (C=O) groups excluding carboxylic acids is 1. The first-order valence-corrected chi connectivity index (χ1v) is 6.31. The first kappa shape index (κ1) is 13.2. The van der Waals surface area contributed by atoms with E-state index in [0.29, 0.717) is 6.04 Å². The molecule has 0 aromatic heterocycles. The molecule has 0 aromatic carbocycles. The van der Waals surface area contributed by atoms with Crippen molar-refractivity contribution in [2.24, 2.45) is 0 Å². The number of rotatable bonds is 4. The summed E-state index contributed by atoms with van der Waals surface area (Å²) in [5, 5.41) is 3.34. The molecule has 0 aliphatic carbocycles. The van der Waals surface area contributed by atoms with E-state index >= 15 is 0 Å². The van der Waals surface area contributed by atoms with Gasteiger partial charge in [-0.3, -0.25) is 4.79 Å². The Kier molecular flexibility index (Phi) is 5.53. The predicted octanol–water partition coefficient (Wildman–Crippen LogP) is 1.94. The van der Waals surface area contributed by atoms with Crippen LogP contribution in [-0.2, 0) is 4.79 Å². The molecule has 1 N–H and O–H groups in total. The number of nitrogens with zero attached hydrogens (tertiary/aromatic N) is 1. The molecular formula is C13H24N2O. The number of carbonyl (C=O) groups is 1. The number of hydrogen-bond donors (Lipinski definition) is 1. The zero-order valence-corrected chi connectivity index (χ0v) is 10.8. The van der Waals surface area contributed by atoms with Gasteiger partial charge < -0.3 is 10.2 Å². The van der Waals surface area contributed by atoms with Crippen molar-refractivity contribution in [2.45, 2.75) is 46.1 Å². The van der Waals surface area contributed by atoms with Crippen molar-refractivity contribution in [3.63, 3.8) is 0 Å². The SMILES string of the molecule is CCCN(C(=O)C=C(C)C)C1CCNCC1. The van der Waals surface area contributed by atoms with E-state index < -0.39 is 0 Å². The van der Waals surface area contributed by atoms with Crippen molar-refractivity contribution >= 4 is 5.91 Å². The first-order chi connectivity index (χ1) is 7.65. The molecule has 0 unspecified atom stereocenters. The summed E-state index contributed by atoms with van der Waals surface area (Å²) in [5.74, 6) is 0.189. The van der Waals surface area contributed by atoms with Crippen molar-refractivity contribution in [3.05, 3.63) is 11.6 Å². The van der Waals surface area contributed by atoms with Crippen LogP contribution in [0.2, 0.25) is 0 Å². The van der Waals surface area contributed by atoms with E-state index in [1.54, 1.807) is 6.08 Å². The third kappa shape index (κ3) is 3.97. The average molecular weight is 224 g/mol. The van der Waals surface area contributed by atoms with Crippen molar-refractivity contribution in [2.75, 3.05) is 19.6 Å². The van der Waals surface area contributed by atoms with Gasteiger partial charge in [0.15, 0.2) is 0 Å². The summed E-state index contributed by atoms with van der Waals surface area (Å²) >= 11 is 0. The van der Waals surface area contributed by atoms with Gasteiger partial charge in [0.2, 0.25) is 5.91 Å². The van der Waals surface area contributed by atoms with E-state index in [1.165, 1.54) is 0 Å². The Bertz CT molecular complexity index is 251. The van der Waals surface area contributed by atoms with Crippen LogP contribution < -0.4 is 5.32 Å². The topological polar surface area (TPSA) is 32.3 Å². The van der Waals surface area contributed by atoms with Crippen LogP contribution in [0.3, 0.4) is 0 Å². The Hall–Kier alpha value is -0.830. The molecule has 3 heteroatoms. The number of piperidine rings is 1. The maximum Gasteiger partial charge on any atom is 0.246 e. The summed E-state index contributed by atoms with van der Waals surface area (Å²) in [4.78, 5) is 14.1. The zero-order valence-electron chi connectivity index (χ0n) is 10.8. The lowest BCUT2D eigenvalue weighted by Gasteiger charge is -2.34. The number of amides is 1. The summed E-state index contributed by atoms with van der Waals surface area (Å²) in [7, 11) is 0. The molecule has 1 amide bonds. The minimum atomic E-state index is 0.189. The fourth-order valence-electron chi connectivity index (χ4n) is 2.16. The van der Waals surface area contributed by atoms with Crippen LogP contribution in [0.5, 0.6) is 0 Å². The monoisotopic (exact) mass is 224 g/mol. The number of hydrogen-bond acceptors (Lipinski definition) is 2. The second-order valence-corrected chi connectivity index (χ2v) is 4.73. The highest BCUT2D eigenvalue weighted by atomic mass is 16.2. The molecule has 0 spiro atoms. The fourth-order valence-corrected chi connectivity index (χ4v) is 2.16. The van der Waals surface area contributed by atoms with Gasteiger partial charge >= 0.3 is 0 Å². The van der Waals surface area contributed by atoms with Gasteiger partial charge in [-0.25, -0.2) is 0 Å². The van der Waals surface area contributed by atoms with Crippen LogP contribution in [0.15, 0.2) is 11.6 Å². The molecule has 1 heterocycles. The smallest absolute Gasteiger partial charge is 0.246 e. The second-order valence-electron chi connectivity index (χ2n) is 4.73. The Labute approximate surface area is 98.9 Å². The molecule has 1 rings (SSSR count). The molecule has 3 nitrogen and oxygen atoms in total. The standard InChI is InChI=1S/C13H24N2O/c1-4-9-15(13(16)10-11(2)3)12-5-7-14-8-6-12/h10,12,14H,4-9H2,1-3H3. The van der Waals surface area contributed by atoms with Crippen LogP contribution in [0.25, 0.3) is 0 Å². The maximum atomic E-state index is 12.1. The van der Waals surface area contributed by atoms with Gasteiger partial charge in [-0.15, -0.1) is 0 Å². The first-order valence-electron chi connectivity index (χ1n) is 6.31. The summed E-state index contributed by atoms with van der Waals surface area (Å²) in [5.41, 5.74) is 1.08. The Morgan fingerprint density at radius 2 is 2.00 bits per heavy atom. The van der Waals surface area contributed by atoms with E-state index in [1.807, 2.05) is 18.7 Å². The quantitative estimate of drug-likeness (QED) is 0.740. The normalized spacial score (nSPS) is 16.9. The minimum absolute atomic E-state index is 0.189. The molecular weight excluding hydrogens is 200 g/mol. The van der Waals surface area contributed by atoms with Crippen molar-refractivity contribution < 1.29 is 4.79 Å². The minimum Gasteiger partial charge on any atom is -0.336 e. The molecule has 0 radical (unpaired) electrons. The number of nitrogens with one attached hydrogen (secondary N) is 1. The molecule has 1 aliphatic rings. The van der Waals surface area contributed by atoms with Crippen molar-refractivity contribution in [1.29, 1.82) is 0 Å². The Balaban J connectivity index is 2.64. The van der Waals surface area contributed by atoms with E-state index in [4.69, 9.17) is 0 Å². The third-order valence-electron chi connectivity index (χ3n) is 2.91. The average Bonchev–Trinajstić information content (AvgIpc) is 2.26. The lowest BCUT2D eigenvalue weighted by atomic mass is 10.0. The molecule has 0 bridgehead atoms. The van der Waals surface area contributed by atoms with Gasteiger partial charge in [0.25, 0.3) is 0 Å². The van der Waals surface area contributed by atoms with Gasteiger partial charge in [-0.05, 0) is 46.2 Å². The molecule has 1 saturated heterocycles. The van der Waals surface area contributed by atoms with Crippen molar-refractivity contribution in [3.8, 4) is 0 Å². The lowest BCUT2D eigenvalue weighted by molar-refractivity contribution is -0.128. The van der Waals surface area contributed by atoms with E-state index in [0.717, 1.165) is 44.5 Å². The second kappa shape index (κ2) is 6.69. The number of allylic oxidation sites excluding steroid dienone is 1. The molecule has 0 aromatic rings. The van der Waals surface area contributed by atoms with E-state index in [-0.39, 0.29) is 5.91 Å². The van der Waals surface area contributed by atoms with Crippen LogP contribution in [0, 0.1) is 0 Å². The van der Waals surface area contributed by atoms with Gasteiger partial charge in [0, 0.05) is 18.7 Å². The fraction of sp³-hybridized carbons (Fsp3) is 0.769. The predicted molar refractivity (Wildman–Crippen MR) is 67.3 cm³/mol. The summed E-state index contributed by atoms with van der Waals surface area (Å²) in [6.07, 6.45) is 4.97. The van der Waals surface area contributed by atoms with Crippen molar-refractivity contribution in [1.82, 2.24) is 10.2 Å².